The zero-order valence-electron chi connectivity index (χ0n) is 15.8. The molecule has 2 aromatic rings. The molecule has 0 unspecified atom stereocenters. The van der Waals surface area contributed by atoms with Crippen molar-refractivity contribution >= 4 is 23.5 Å². The van der Waals surface area contributed by atoms with Crippen LogP contribution in [-0.2, 0) is 15.1 Å². The van der Waals surface area contributed by atoms with E-state index in [-0.39, 0.29) is 0 Å². The molecular weight excluding hydrogens is 356 g/mol. The first-order chi connectivity index (χ1) is 13.3. The maximum atomic E-state index is 13.0. The minimum Gasteiger partial charge on any atom is -0.324 e. The molecule has 0 aromatic heterocycles. The Balaban J connectivity index is 1.81. The minimum atomic E-state index is -1.24. The van der Waals surface area contributed by atoms with Gasteiger partial charge in [-0.25, -0.2) is 9.69 Å². The van der Waals surface area contributed by atoms with Gasteiger partial charge in [0, 0.05) is 5.69 Å². The topological polar surface area (TPSA) is 102 Å². The molecule has 2 atom stereocenters. The third kappa shape index (κ3) is 3.32. The van der Waals surface area contributed by atoms with Crippen molar-refractivity contribution in [3.05, 3.63) is 65.2 Å². The molecule has 1 heterocycles. The molecule has 0 radical (unpaired) electrons. The average Bonchev–Trinajstić information content (AvgIpc) is 2.91. The van der Waals surface area contributed by atoms with Gasteiger partial charge in [-0.3, -0.25) is 9.59 Å². The SMILES string of the molecule is Cc1ccc([C@]2(C)NC(=O)N([C@H](C)C(=O)Nc3cccc(C#N)c3)C2=O)cc1. The monoisotopic (exact) mass is 376 g/mol. The number of urea groups is 1. The summed E-state index contributed by atoms with van der Waals surface area (Å²) in [6, 6.07) is 14.1. The maximum absolute atomic E-state index is 13.0. The van der Waals surface area contributed by atoms with Crippen molar-refractivity contribution in [2.24, 2.45) is 0 Å². The Hall–Kier alpha value is -3.66. The van der Waals surface area contributed by atoms with Gasteiger partial charge in [0.2, 0.25) is 5.91 Å². The number of nitrogens with one attached hydrogen (secondary N) is 2. The van der Waals surface area contributed by atoms with Gasteiger partial charge in [0.05, 0.1) is 11.6 Å². The Morgan fingerprint density at radius 1 is 1.21 bits per heavy atom. The molecule has 142 valence electrons. The number of anilines is 1. The molecule has 28 heavy (non-hydrogen) atoms. The summed E-state index contributed by atoms with van der Waals surface area (Å²) < 4.78 is 0. The molecule has 0 saturated carbocycles. The van der Waals surface area contributed by atoms with Crippen molar-refractivity contribution in [3.63, 3.8) is 0 Å². The smallest absolute Gasteiger partial charge is 0.324 e. The predicted molar refractivity (Wildman–Crippen MR) is 103 cm³/mol. The lowest BCUT2D eigenvalue weighted by Gasteiger charge is -2.24. The Morgan fingerprint density at radius 3 is 2.54 bits per heavy atom. The molecule has 1 aliphatic heterocycles. The Bertz CT molecular complexity index is 993. The lowest BCUT2D eigenvalue weighted by molar-refractivity contribution is -0.136. The van der Waals surface area contributed by atoms with Crippen LogP contribution in [0.2, 0.25) is 0 Å². The van der Waals surface area contributed by atoms with E-state index in [1.54, 1.807) is 37.3 Å². The third-order valence-corrected chi connectivity index (χ3v) is 4.88. The largest absolute Gasteiger partial charge is 0.326 e. The van der Waals surface area contributed by atoms with E-state index >= 15 is 0 Å². The van der Waals surface area contributed by atoms with E-state index in [9.17, 15) is 14.4 Å². The van der Waals surface area contributed by atoms with Crippen LogP contribution in [0.4, 0.5) is 10.5 Å². The van der Waals surface area contributed by atoms with Gasteiger partial charge in [-0.05, 0) is 44.5 Å². The van der Waals surface area contributed by atoms with Gasteiger partial charge in [0.25, 0.3) is 5.91 Å². The van der Waals surface area contributed by atoms with E-state index in [2.05, 4.69) is 10.6 Å². The molecule has 1 fully saturated rings. The molecular formula is C21H20N4O3. The van der Waals surface area contributed by atoms with Gasteiger partial charge in [0.15, 0.2) is 0 Å². The first kappa shape index (κ1) is 19.1. The van der Waals surface area contributed by atoms with Gasteiger partial charge in [0.1, 0.15) is 11.6 Å². The summed E-state index contributed by atoms with van der Waals surface area (Å²) >= 11 is 0. The molecule has 7 nitrogen and oxygen atoms in total. The van der Waals surface area contributed by atoms with Crippen LogP contribution in [0.5, 0.6) is 0 Å². The van der Waals surface area contributed by atoms with Crippen molar-refractivity contribution in [2.45, 2.75) is 32.4 Å². The van der Waals surface area contributed by atoms with E-state index in [1.807, 2.05) is 25.1 Å². The van der Waals surface area contributed by atoms with Crippen LogP contribution in [-0.4, -0.2) is 28.8 Å². The summed E-state index contributed by atoms with van der Waals surface area (Å²) in [5.74, 6) is -1.01. The van der Waals surface area contributed by atoms with Crippen LogP contribution in [0.1, 0.15) is 30.5 Å². The molecule has 2 N–H and O–H groups in total. The predicted octanol–water partition coefficient (Wildman–Crippen LogP) is 2.66. The highest BCUT2D eigenvalue weighted by Gasteiger charge is 2.51. The van der Waals surface area contributed by atoms with Crippen LogP contribution in [0, 0.1) is 18.3 Å². The summed E-state index contributed by atoms with van der Waals surface area (Å²) in [6.45, 7) is 5.04. The van der Waals surface area contributed by atoms with Crippen molar-refractivity contribution in [1.29, 1.82) is 5.26 Å². The van der Waals surface area contributed by atoms with Crippen molar-refractivity contribution in [1.82, 2.24) is 10.2 Å². The van der Waals surface area contributed by atoms with Crippen LogP contribution >= 0.6 is 0 Å². The van der Waals surface area contributed by atoms with Gasteiger partial charge < -0.3 is 10.6 Å². The average molecular weight is 376 g/mol. The second-order valence-electron chi connectivity index (χ2n) is 6.95. The third-order valence-electron chi connectivity index (χ3n) is 4.88. The van der Waals surface area contributed by atoms with Crippen molar-refractivity contribution in [2.75, 3.05) is 5.32 Å². The molecule has 3 rings (SSSR count). The molecule has 2 aromatic carbocycles. The number of aryl methyl sites for hydroxylation is 1. The summed E-state index contributed by atoms with van der Waals surface area (Å²) in [4.78, 5) is 39.1. The van der Waals surface area contributed by atoms with E-state index in [1.165, 1.54) is 13.0 Å². The zero-order valence-corrected chi connectivity index (χ0v) is 15.8. The minimum absolute atomic E-state index is 0.396. The van der Waals surface area contributed by atoms with Crippen LogP contribution < -0.4 is 10.6 Å². The molecule has 0 bridgehead atoms. The highest BCUT2D eigenvalue weighted by atomic mass is 16.2. The van der Waals surface area contributed by atoms with Gasteiger partial charge in [-0.2, -0.15) is 5.26 Å². The van der Waals surface area contributed by atoms with E-state index < -0.39 is 29.4 Å². The zero-order chi connectivity index (χ0) is 20.5. The van der Waals surface area contributed by atoms with Crippen LogP contribution in [0.15, 0.2) is 48.5 Å². The number of nitriles is 1. The van der Waals surface area contributed by atoms with Crippen molar-refractivity contribution in [3.8, 4) is 6.07 Å². The second kappa shape index (κ2) is 7.16. The van der Waals surface area contributed by atoms with E-state index in [0.717, 1.165) is 10.5 Å². The highest BCUT2D eigenvalue weighted by molar-refractivity contribution is 6.11. The summed E-state index contributed by atoms with van der Waals surface area (Å²) in [6.07, 6.45) is 0. The summed E-state index contributed by atoms with van der Waals surface area (Å²) in [5, 5.41) is 14.3. The molecule has 0 spiro atoms. The maximum Gasteiger partial charge on any atom is 0.326 e. The van der Waals surface area contributed by atoms with Gasteiger partial charge in [-0.1, -0.05) is 35.9 Å². The molecule has 7 heteroatoms. The number of hydrogen-bond acceptors (Lipinski definition) is 4. The van der Waals surface area contributed by atoms with E-state index in [4.69, 9.17) is 5.26 Å². The number of nitrogens with zero attached hydrogens (tertiary/aromatic N) is 2. The Kier molecular flexibility index (Phi) is 4.89. The Labute approximate surface area is 163 Å². The van der Waals surface area contributed by atoms with Gasteiger partial charge >= 0.3 is 6.03 Å². The lowest BCUT2D eigenvalue weighted by atomic mass is 9.91. The fourth-order valence-electron chi connectivity index (χ4n) is 3.13. The number of carbonyl (C=O) groups excluding carboxylic acids is 3. The fourth-order valence-corrected chi connectivity index (χ4v) is 3.13. The molecule has 1 aliphatic rings. The number of hydrogen-bond donors (Lipinski definition) is 2. The molecule has 4 amide bonds. The quantitative estimate of drug-likeness (QED) is 0.801. The van der Waals surface area contributed by atoms with Crippen LogP contribution in [0.25, 0.3) is 0 Å². The summed E-state index contributed by atoms with van der Waals surface area (Å²) in [5.41, 5.74) is 1.26. The second-order valence-corrected chi connectivity index (χ2v) is 6.95. The first-order valence-corrected chi connectivity index (χ1v) is 8.80. The first-order valence-electron chi connectivity index (χ1n) is 8.80. The van der Waals surface area contributed by atoms with Crippen molar-refractivity contribution < 1.29 is 14.4 Å². The van der Waals surface area contributed by atoms with E-state index in [0.29, 0.717) is 16.8 Å². The highest BCUT2D eigenvalue weighted by Crippen LogP contribution is 2.30. The Morgan fingerprint density at radius 2 is 1.89 bits per heavy atom. The van der Waals surface area contributed by atoms with Gasteiger partial charge in [-0.15, -0.1) is 0 Å². The number of carbonyl (C=O) groups is 3. The number of rotatable bonds is 4. The number of imide groups is 1. The number of amides is 4. The normalized spacial score (nSPS) is 19.7. The number of benzene rings is 2. The molecule has 0 aliphatic carbocycles. The van der Waals surface area contributed by atoms with Crippen LogP contribution in [0.3, 0.4) is 0 Å². The summed E-state index contributed by atoms with van der Waals surface area (Å²) in [7, 11) is 0. The molecule has 1 saturated heterocycles. The lowest BCUT2D eigenvalue weighted by Crippen LogP contribution is -2.47. The standard InChI is InChI=1S/C21H20N4O3/c1-13-7-9-16(10-8-13)21(3)19(27)25(20(28)24-21)14(2)18(26)23-17-6-4-5-15(11-17)12-22/h4-11,14H,1-3H3,(H,23,26)(H,24,28)/t14-,21+/m1/s1. The fraction of sp³-hybridized carbons (Fsp3) is 0.238.